The molecule has 0 aliphatic heterocycles. The molecule has 2 N–H and O–H groups in total. The van der Waals surface area contributed by atoms with Crippen molar-refractivity contribution in [1.82, 2.24) is 14.3 Å². The van der Waals surface area contributed by atoms with E-state index in [0.29, 0.717) is 36.3 Å². The third kappa shape index (κ3) is 5.11. The number of alkyl halides is 3. The number of anilines is 1. The zero-order valence-electron chi connectivity index (χ0n) is 16.3. The van der Waals surface area contributed by atoms with Crippen LogP contribution >= 0.6 is 0 Å². The molecule has 0 unspecified atom stereocenters. The van der Waals surface area contributed by atoms with Crippen molar-refractivity contribution >= 4 is 15.7 Å². The number of rotatable bonds is 6. The Morgan fingerprint density at radius 1 is 1.21 bits per heavy atom. The van der Waals surface area contributed by atoms with Crippen LogP contribution in [-0.4, -0.2) is 37.7 Å². The van der Waals surface area contributed by atoms with Crippen LogP contribution in [0.2, 0.25) is 0 Å². The van der Waals surface area contributed by atoms with Gasteiger partial charge in [-0.3, -0.25) is 0 Å². The van der Waals surface area contributed by atoms with E-state index in [-0.39, 0.29) is 23.7 Å². The Bertz CT molecular complexity index is 949. The maximum atomic E-state index is 12.8. The molecule has 0 spiro atoms. The predicted octanol–water partition coefficient (Wildman–Crippen LogP) is 3.78. The largest absolute Gasteiger partial charge is 0.391 e. The molecule has 6 nitrogen and oxygen atoms in total. The summed E-state index contributed by atoms with van der Waals surface area (Å²) in [4.78, 5) is 4.43. The molecule has 160 valence electrons. The van der Waals surface area contributed by atoms with E-state index in [1.807, 2.05) is 7.05 Å². The minimum absolute atomic E-state index is 0.122. The molecule has 1 aromatic carbocycles. The van der Waals surface area contributed by atoms with Gasteiger partial charge in [0.1, 0.15) is 0 Å². The number of benzene rings is 1. The average molecular weight is 430 g/mol. The second-order valence-electron chi connectivity index (χ2n) is 7.48. The van der Waals surface area contributed by atoms with Crippen LogP contribution in [0.5, 0.6) is 0 Å². The number of aryl methyl sites for hydroxylation is 1. The summed E-state index contributed by atoms with van der Waals surface area (Å²) in [7, 11) is -0.450. The van der Waals surface area contributed by atoms with Crippen LogP contribution in [0.4, 0.5) is 18.9 Å². The fourth-order valence-corrected chi connectivity index (χ4v) is 4.43. The highest BCUT2D eigenvalue weighted by molar-refractivity contribution is 7.89. The molecule has 0 bridgehead atoms. The van der Waals surface area contributed by atoms with Gasteiger partial charge >= 0.3 is 6.18 Å². The summed E-state index contributed by atoms with van der Waals surface area (Å²) < 4.78 is 66.9. The summed E-state index contributed by atoms with van der Waals surface area (Å²) in [6.45, 7) is 0.530. The molecule has 0 saturated heterocycles. The van der Waals surface area contributed by atoms with Crippen molar-refractivity contribution in [3.05, 3.63) is 30.7 Å². The molecule has 1 aliphatic rings. The lowest BCUT2D eigenvalue weighted by Crippen LogP contribution is -2.29. The first-order valence-corrected chi connectivity index (χ1v) is 10.9. The Morgan fingerprint density at radius 3 is 2.45 bits per heavy atom. The topological polar surface area (TPSA) is 76.0 Å². The Morgan fingerprint density at radius 2 is 1.90 bits per heavy atom. The fraction of sp³-hybridized carbons (Fsp3) is 0.526. The zero-order chi connectivity index (χ0) is 21.2. The quantitative estimate of drug-likeness (QED) is 0.732. The first kappa shape index (κ1) is 21.6. The van der Waals surface area contributed by atoms with Crippen molar-refractivity contribution in [2.75, 3.05) is 18.9 Å². The van der Waals surface area contributed by atoms with Crippen LogP contribution in [0.1, 0.15) is 25.7 Å². The minimum Gasteiger partial charge on any atom is -0.384 e. The highest BCUT2D eigenvalue weighted by Gasteiger charge is 2.41. The number of hydrogen-bond donors (Lipinski definition) is 2. The van der Waals surface area contributed by atoms with Gasteiger partial charge in [0.15, 0.2) is 0 Å². The molecule has 1 fully saturated rings. The van der Waals surface area contributed by atoms with E-state index < -0.39 is 22.1 Å². The van der Waals surface area contributed by atoms with Crippen LogP contribution in [0.15, 0.2) is 35.6 Å². The molecular weight excluding hydrogens is 405 g/mol. The Hall–Kier alpha value is -2.07. The van der Waals surface area contributed by atoms with Crippen molar-refractivity contribution in [2.24, 2.45) is 18.9 Å². The van der Waals surface area contributed by atoms with Crippen LogP contribution in [0, 0.1) is 11.8 Å². The van der Waals surface area contributed by atoms with Crippen molar-refractivity contribution in [3.63, 3.8) is 0 Å². The lowest BCUT2D eigenvalue weighted by Gasteiger charge is -2.30. The fourth-order valence-electron chi connectivity index (χ4n) is 3.67. The monoisotopic (exact) mass is 430 g/mol. The third-order valence-corrected chi connectivity index (χ3v) is 6.85. The molecule has 29 heavy (non-hydrogen) atoms. The van der Waals surface area contributed by atoms with Gasteiger partial charge in [0, 0.05) is 31.0 Å². The van der Waals surface area contributed by atoms with Crippen molar-refractivity contribution < 1.29 is 21.6 Å². The molecule has 2 aromatic rings. The predicted molar refractivity (Wildman–Crippen MR) is 105 cm³/mol. The SMILES string of the molecule is CNS(=O)(=O)c1ccc(NC[C@H]2CC[C@@H](C(F)(F)F)CC2)c(-c2cn(C)cn2)c1. The number of hydrogen-bond acceptors (Lipinski definition) is 4. The van der Waals surface area contributed by atoms with Gasteiger partial charge in [-0.05, 0) is 56.8 Å². The lowest BCUT2D eigenvalue weighted by molar-refractivity contribution is -0.183. The van der Waals surface area contributed by atoms with Crippen LogP contribution in [0.3, 0.4) is 0 Å². The second-order valence-corrected chi connectivity index (χ2v) is 9.37. The van der Waals surface area contributed by atoms with E-state index >= 15 is 0 Å². The molecule has 1 saturated carbocycles. The number of halogens is 3. The van der Waals surface area contributed by atoms with Crippen LogP contribution in [0.25, 0.3) is 11.3 Å². The molecule has 1 aromatic heterocycles. The van der Waals surface area contributed by atoms with Gasteiger partial charge in [-0.1, -0.05) is 0 Å². The molecule has 10 heteroatoms. The smallest absolute Gasteiger partial charge is 0.384 e. The standard InChI is InChI=1S/C19H25F3N4O2S/c1-23-29(27,28)15-7-8-17(16(9-15)18-11-26(2)12-25-18)24-10-13-3-5-14(6-4-13)19(20,21)22/h7-9,11-14,23-24H,3-6,10H2,1-2H3/t13-,14+. The second kappa shape index (κ2) is 8.35. The van der Waals surface area contributed by atoms with Gasteiger partial charge in [0.25, 0.3) is 0 Å². The third-order valence-electron chi connectivity index (χ3n) is 5.44. The van der Waals surface area contributed by atoms with Crippen molar-refractivity contribution in [1.29, 1.82) is 0 Å². The van der Waals surface area contributed by atoms with Gasteiger partial charge in [0.05, 0.1) is 22.8 Å². The molecule has 0 amide bonds. The number of aromatic nitrogens is 2. The van der Waals surface area contributed by atoms with Gasteiger partial charge in [0.2, 0.25) is 10.0 Å². The highest BCUT2D eigenvalue weighted by Crippen LogP contribution is 2.39. The van der Waals surface area contributed by atoms with Crippen LogP contribution < -0.4 is 10.0 Å². The Balaban J connectivity index is 1.77. The lowest BCUT2D eigenvalue weighted by atomic mass is 9.81. The van der Waals surface area contributed by atoms with E-state index in [2.05, 4.69) is 15.0 Å². The van der Waals surface area contributed by atoms with Gasteiger partial charge in [-0.2, -0.15) is 13.2 Å². The average Bonchev–Trinajstić information content (AvgIpc) is 3.12. The van der Waals surface area contributed by atoms with Crippen LogP contribution in [-0.2, 0) is 17.1 Å². The Kier molecular flexibility index (Phi) is 6.23. The highest BCUT2D eigenvalue weighted by atomic mass is 32.2. The normalized spacial score (nSPS) is 20.6. The van der Waals surface area contributed by atoms with Gasteiger partial charge < -0.3 is 9.88 Å². The van der Waals surface area contributed by atoms with Gasteiger partial charge in [-0.25, -0.2) is 18.1 Å². The summed E-state index contributed by atoms with van der Waals surface area (Å²) in [6.07, 6.45) is 0.635. The van der Waals surface area contributed by atoms with Crippen molar-refractivity contribution in [3.8, 4) is 11.3 Å². The Labute approximate surface area is 168 Å². The molecular formula is C19H25F3N4O2S. The summed E-state index contributed by atoms with van der Waals surface area (Å²) in [6, 6.07) is 4.73. The number of nitrogens with zero attached hydrogens (tertiary/aromatic N) is 2. The minimum atomic E-state index is -4.11. The van der Waals surface area contributed by atoms with E-state index in [1.165, 1.54) is 13.1 Å². The molecule has 0 atom stereocenters. The first-order valence-electron chi connectivity index (χ1n) is 9.46. The van der Waals surface area contributed by atoms with E-state index in [1.54, 1.807) is 29.2 Å². The zero-order valence-corrected chi connectivity index (χ0v) is 17.1. The summed E-state index contributed by atoms with van der Waals surface area (Å²) in [5.41, 5.74) is 1.95. The number of imidazole rings is 1. The first-order chi connectivity index (χ1) is 13.6. The number of sulfonamides is 1. The molecule has 1 aliphatic carbocycles. The van der Waals surface area contributed by atoms with Gasteiger partial charge in [-0.15, -0.1) is 0 Å². The maximum absolute atomic E-state index is 12.8. The van der Waals surface area contributed by atoms with E-state index in [0.717, 1.165) is 0 Å². The summed E-state index contributed by atoms with van der Waals surface area (Å²) >= 11 is 0. The van der Waals surface area contributed by atoms with E-state index in [9.17, 15) is 21.6 Å². The molecule has 0 radical (unpaired) electrons. The molecule has 1 heterocycles. The molecule has 3 rings (SSSR count). The summed E-state index contributed by atoms with van der Waals surface area (Å²) in [5, 5.41) is 3.30. The van der Waals surface area contributed by atoms with E-state index in [4.69, 9.17) is 0 Å². The van der Waals surface area contributed by atoms with Crippen molar-refractivity contribution in [2.45, 2.75) is 36.8 Å². The summed E-state index contributed by atoms with van der Waals surface area (Å²) in [5.74, 6) is -1.06. The number of nitrogens with one attached hydrogen (secondary N) is 2. The maximum Gasteiger partial charge on any atom is 0.391 e.